The van der Waals surface area contributed by atoms with Crippen LogP contribution in [0, 0.1) is 5.92 Å². The van der Waals surface area contributed by atoms with Crippen LogP contribution in [-0.2, 0) is 0 Å². The monoisotopic (exact) mass is 261 g/mol. The molecule has 0 radical (unpaired) electrons. The SMILES string of the molecule is O=C(NCC1CCN(C2CC2)C1)c1cncc(O)c1. The van der Waals surface area contributed by atoms with E-state index in [2.05, 4.69) is 15.2 Å². The number of hydrogen-bond donors (Lipinski definition) is 2. The van der Waals surface area contributed by atoms with Crippen molar-refractivity contribution >= 4 is 5.91 Å². The molecule has 2 heterocycles. The molecular formula is C14H19N3O2. The highest BCUT2D eigenvalue weighted by Gasteiger charge is 2.34. The van der Waals surface area contributed by atoms with Gasteiger partial charge >= 0.3 is 0 Å². The number of hydrogen-bond acceptors (Lipinski definition) is 4. The number of nitrogens with zero attached hydrogens (tertiary/aromatic N) is 2. The van der Waals surface area contributed by atoms with Gasteiger partial charge in [-0.15, -0.1) is 0 Å². The Morgan fingerprint density at radius 1 is 1.42 bits per heavy atom. The molecule has 0 bridgehead atoms. The average Bonchev–Trinajstić information content (AvgIpc) is 3.15. The van der Waals surface area contributed by atoms with E-state index in [4.69, 9.17) is 0 Å². The lowest BCUT2D eigenvalue weighted by molar-refractivity contribution is 0.0946. The molecule has 19 heavy (non-hydrogen) atoms. The van der Waals surface area contributed by atoms with E-state index in [0.29, 0.717) is 18.0 Å². The lowest BCUT2D eigenvalue weighted by Crippen LogP contribution is -2.31. The summed E-state index contributed by atoms with van der Waals surface area (Å²) in [6, 6.07) is 2.25. The van der Waals surface area contributed by atoms with Crippen molar-refractivity contribution in [2.24, 2.45) is 5.92 Å². The Morgan fingerprint density at radius 2 is 2.26 bits per heavy atom. The molecule has 1 amide bonds. The van der Waals surface area contributed by atoms with Crippen molar-refractivity contribution in [3.05, 3.63) is 24.0 Å². The van der Waals surface area contributed by atoms with Gasteiger partial charge in [-0.2, -0.15) is 0 Å². The molecule has 1 aliphatic carbocycles. The van der Waals surface area contributed by atoms with Gasteiger partial charge in [0, 0.05) is 25.3 Å². The van der Waals surface area contributed by atoms with Gasteiger partial charge in [-0.3, -0.25) is 9.78 Å². The second-order valence-electron chi connectivity index (χ2n) is 5.52. The third kappa shape index (κ3) is 3.04. The summed E-state index contributed by atoms with van der Waals surface area (Å²) < 4.78 is 0. The standard InChI is InChI=1S/C14H19N3O2/c18-13-5-11(7-15-8-13)14(19)16-6-10-3-4-17(9-10)12-1-2-12/h5,7-8,10,12,18H,1-4,6,9H2,(H,16,19). The fourth-order valence-corrected chi connectivity index (χ4v) is 2.69. The van der Waals surface area contributed by atoms with E-state index in [1.165, 1.54) is 37.8 Å². The molecule has 1 unspecified atom stereocenters. The normalized spacial score (nSPS) is 23.5. The van der Waals surface area contributed by atoms with Crippen LogP contribution in [-0.4, -0.2) is 46.6 Å². The predicted molar refractivity (Wildman–Crippen MR) is 70.9 cm³/mol. The number of likely N-dealkylation sites (tertiary alicyclic amines) is 1. The number of carbonyl (C=O) groups excluding carboxylic acids is 1. The van der Waals surface area contributed by atoms with Crippen molar-refractivity contribution in [1.29, 1.82) is 0 Å². The van der Waals surface area contributed by atoms with E-state index >= 15 is 0 Å². The van der Waals surface area contributed by atoms with Crippen molar-refractivity contribution in [2.45, 2.75) is 25.3 Å². The van der Waals surface area contributed by atoms with E-state index < -0.39 is 0 Å². The Hall–Kier alpha value is -1.62. The zero-order valence-electron chi connectivity index (χ0n) is 10.9. The summed E-state index contributed by atoms with van der Waals surface area (Å²) in [5.41, 5.74) is 0.414. The number of rotatable bonds is 4. The largest absolute Gasteiger partial charge is 0.506 e. The molecule has 5 heteroatoms. The molecule has 102 valence electrons. The third-order valence-corrected chi connectivity index (χ3v) is 3.92. The van der Waals surface area contributed by atoms with Gasteiger partial charge in [-0.05, 0) is 37.8 Å². The van der Waals surface area contributed by atoms with E-state index in [0.717, 1.165) is 19.0 Å². The number of aromatic nitrogens is 1. The van der Waals surface area contributed by atoms with Crippen molar-refractivity contribution < 1.29 is 9.90 Å². The molecule has 1 aliphatic heterocycles. The highest BCUT2D eigenvalue weighted by molar-refractivity contribution is 5.94. The quantitative estimate of drug-likeness (QED) is 0.848. The maximum absolute atomic E-state index is 11.9. The van der Waals surface area contributed by atoms with E-state index in [-0.39, 0.29) is 11.7 Å². The Kier molecular flexibility index (Phi) is 3.38. The predicted octanol–water partition coefficient (Wildman–Crippen LogP) is 1.00. The minimum atomic E-state index is -0.159. The van der Waals surface area contributed by atoms with Crippen LogP contribution in [0.2, 0.25) is 0 Å². The highest BCUT2D eigenvalue weighted by Crippen LogP contribution is 2.31. The molecule has 2 N–H and O–H groups in total. The van der Waals surface area contributed by atoms with Gasteiger partial charge in [0.25, 0.3) is 5.91 Å². The van der Waals surface area contributed by atoms with E-state index in [9.17, 15) is 9.90 Å². The molecule has 2 aliphatic rings. The van der Waals surface area contributed by atoms with Crippen LogP contribution in [0.3, 0.4) is 0 Å². The maximum atomic E-state index is 11.9. The van der Waals surface area contributed by atoms with E-state index in [1.54, 1.807) is 0 Å². The Bertz CT molecular complexity index is 474. The van der Waals surface area contributed by atoms with Crippen LogP contribution in [0.4, 0.5) is 0 Å². The zero-order chi connectivity index (χ0) is 13.2. The minimum absolute atomic E-state index is 0.0217. The molecule has 1 aromatic rings. The van der Waals surface area contributed by atoms with Gasteiger partial charge in [0.1, 0.15) is 5.75 Å². The van der Waals surface area contributed by atoms with Crippen molar-refractivity contribution in [1.82, 2.24) is 15.2 Å². The number of pyridine rings is 1. The summed E-state index contributed by atoms with van der Waals surface area (Å²) in [4.78, 5) is 18.2. The minimum Gasteiger partial charge on any atom is -0.506 e. The van der Waals surface area contributed by atoms with Crippen LogP contribution in [0.25, 0.3) is 0 Å². The number of carbonyl (C=O) groups is 1. The number of amides is 1. The average molecular weight is 261 g/mol. The molecule has 1 atom stereocenters. The second kappa shape index (κ2) is 5.17. The molecular weight excluding hydrogens is 242 g/mol. The first-order valence-electron chi connectivity index (χ1n) is 6.88. The summed E-state index contributed by atoms with van der Waals surface area (Å²) in [5, 5.41) is 12.2. The fourth-order valence-electron chi connectivity index (χ4n) is 2.69. The summed E-state index contributed by atoms with van der Waals surface area (Å²) in [6.45, 7) is 2.97. The molecule has 3 rings (SSSR count). The topological polar surface area (TPSA) is 65.5 Å². The molecule has 1 saturated heterocycles. The lowest BCUT2D eigenvalue weighted by atomic mass is 10.1. The molecule has 0 spiro atoms. The molecule has 1 aromatic heterocycles. The van der Waals surface area contributed by atoms with Crippen LogP contribution in [0.5, 0.6) is 5.75 Å². The summed E-state index contributed by atoms with van der Waals surface area (Å²) in [5.74, 6) is 0.413. The molecule has 2 fully saturated rings. The Balaban J connectivity index is 1.48. The van der Waals surface area contributed by atoms with Crippen LogP contribution in [0.15, 0.2) is 18.5 Å². The molecule has 0 aromatic carbocycles. The first-order chi connectivity index (χ1) is 9.22. The van der Waals surface area contributed by atoms with Crippen molar-refractivity contribution in [3.8, 4) is 5.75 Å². The smallest absolute Gasteiger partial charge is 0.252 e. The zero-order valence-corrected chi connectivity index (χ0v) is 10.9. The number of nitrogens with one attached hydrogen (secondary N) is 1. The second-order valence-corrected chi connectivity index (χ2v) is 5.52. The van der Waals surface area contributed by atoms with Gasteiger partial charge < -0.3 is 15.3 Å². The summed E-state index contributed by atoms with van der Waals surface area (Å²) in [7, 11) is 0. The lowest BCUT2D eigenvalue weighted by Gasteiger charge is -2.15. The van der Waals surface area contributed by atoms with Crippen molar-refractivity contribution in [2.75, 3.05) is 19.6 Å². The van der Waals surface area contributed by atoms with Crippen LogP contribution < -0.4 is 5.32 Å². The fraction of sp³-hybridized carbons (Fsp3) is 0.571. The summed E-state index contributed by atoms with van der Waals surface area (Å²) >= 11 is 0. The van der Waals surface area contributed by atoms with Crippen LogP contribution in [0.1, 0.15) is 29.6 Å². The highest BCUT2D eigenvalue weighted by atomic mass is 16.3. The van der Waals surface area contributed by atoms with Crippen molar-refractivity contribution in [3.63, 3.8) is 0 Å². The van der Waals surface area contributed by atoms with Gasteiger partial charge in [0.05, 0.1) is 11.8 Å². The van der Waals surface area contributed by atoms with Crippen LogP contribution >= 0.6 is 0 Å². The Morgan fingerprint density at radius 3 is 3.00 bits per heavy atom. The first-order valence-corrected chi connectivity index (χ1v) is 6.88. The van der Waals surface area contributed by atoms with Gasteiger partial charge in [-0.25, -0.2) is 0 Å². The molecule has 5 nitrogen and oxygen atoms in total. The third-order valence-electron chi connectivity index (χ3n) is 3.92. The molecule has 1 saturated carbocycles. The maximum Gasteiger partial charge on any atom is 0.252 e. The Labute approximate surface area is 112 Å². The first kappa shape index (κ1) is 12.4. The van der Waals surface area contributed by atoms with Gasteiger partial charge in [-0.1, -0.05) is 0 Å². The van der Waals surface area contributed by atoms with Gasteiger partial charge in [0.15, 0.2) is 0 Å². The summed E-state index contributed by atoms with van der Waals surface area (Å²) in [6.07, 6.45) is 6.64. The van der Waals surface area contributed by atoms with Gasteiger partial charge in [0.2, 0.25) is 0 Å². The number of aromatic hydroxyl groups is 1. The van der Waals surface area contributed by atoms with E-state index in [1.807, 2.05) is 0 Å².